The van der Waals surface area contributed by atoms with E-state index in [1.807, 2.05) is 31.2 Å². The van der Waals surface area contributed by atoms with Gasteiger partial charge in [-0.3, -0.25) is 4.79 Å². The summed E-state index contributed by atoms with van der Waals surface area (Å²) in [5, 5.41) is 6.24. The summed E-state index contributed by atoms with van der Waals surface area (Å²) in [6.07, 6.45) is 0.672. The molecule has 2 N–H and O–H groups in total. The van der Waals surface area contributed by atoms with Gasteiger partial charge >= 0.3 is 0 Å². The Bertz CT molecular complexity index is 720. The maximum absolute atomic E-state index is 13.4. The molecule has 0 bridgehead atoms. The predicted molar refractivity (Wildman–Crippen MR) is 96.9 cm³/mol. The molecular formula is C19H22ClFN2O. The Morgan fingerprint density at radius 3 is 2.71 bits per heavy atom. The molecule has 0 spiro atoms. The van der Waals surface area contributed by atoms with Gasteiger partial charge in [-0.05, 0) is 47.7 Å². The fourth-order valence-corrected chi connectivity index (χ4v) is 3.11. The Labute approximate surface area is 148 Å². The molecule has 1 fully saturated rings. The minimum atomic E-state index is -0.226. The average molecular weight is 349 g/mol. The molecule has 24 heavy (non-hydrogen) atoms. The molecule has 1 aliphatic heterocycles. The molecule has 1 saturated heterocycles. The molecule has 2 aromatic rings. The van der Waals surface area contributed by atoms with E-state index in [1.54, 1.807) is 6.07 Å². The van der Waals surface area contributed by atoms with Crippen LogP contribution in [-0.4, -0.2) is 25.5 Å². The van der Waals surface area contributed by atoms with Crippen molar-refractivity contribution in [3.05, 3.63) is 59.4 Å². The third kappa shape index (κ3) is 4.13. The maximum atomic E-state index is 13.4. The van der Waals surface area contributed by atoms with Crippen LogP contribution in [0.25, 0.3) is 11.1 Å². The second-order valence-electron chi connectivity index (χ2n) is 6.01. The van der Waals surface area contributed by atoms with Crippen LogP contribution in [0.3, 0.4) is 0 Å². The SMILES string of the molecule is Cc1cc(F)ccc1-c1ccccc1CC1CNCCNC1=O.Cl. The van der Waals surface area contributed by atoms with Gasteiger partial charge in [0.2, 0.25) is 5.91 Å². The molecule has 0 radical (unpaired) electrons. The van der Waals surface area contributed by atoms with Crippen LogP contribution in [0.1, 0.15) is 11.1 Å². The lowest BCUT2D eigenvalue weighted by molar-refractivity contribution is -0.124. The number of aryl methyl sites for hydroxylation is 1. The fourth-order valence-electron chi connectivity index (χ4n) is 3.11. The van der Waals surface area contributed by atoms with E-state index in [-0.39, 0.29) is 30.0 Å². The molecule has 0 aliphatic carbocycles. The molecule has 128 valence electrons. The molecule has 3 rings (SSSR count). The molecule has 0 saturated carbocycles. The molecule has 3 nitrogen and oxygen atoms in total. The monoisotopic (exact) mass is 348 g/mol. The van der Waals surface area contributed by atoms with Gasteiger partial charge in [0.1, 0.15) is 5.82 Å². The number of carbonyl (C=O) groups excluding carboxylic acids is 1. The predicted octanol–water partition coefficient (Wildman–Crippen LogP) is 3.10. The van der Waals surface area contributed by atoms with Gasteiger partial charge in [0, 0.05) is 19.6 Å². The van der Waals surface area contributed by atoms with Crippen molar-refractivity contribution in [1.29, 1.82) is 0 Å². The molecule has 1 aliphatic rings. The van der Waals surface area contributed by atoms with Gasteiger partial charge in [-0.1, -0.05) is 30.3 Å². The first-order valence-corrected chi connectivity index (χ1v) is 7.98. The third-order valence-corrected chi connectivity index (χ3v) is 4.32. The summed E-state index contributed by atoms with van der Waals surface area (Å²) in [4.78, 5) is 12.2. The van der Waals surface area contributed by atoms with Crippen LogP contribution in [0.5, 0.6) is 0 Å². The Hall–Kier alpha value is -1.91. The highest BCUT2D eigenvalue weighted by Crippen LogP contribution is 2.29. The first-order valence-electron chi connectivity index (χ1n) is 7.98. The quantitative estimate of drug-likeness (QED) is 0.895. The first kappa shape index (κ1) is 18.4. The van der Waals surface area contributed by atoms with Gasteiger partial charge < -0.3 is 10.6 Å². The highest BCUT2D eigenvalue weighted by Gasteiger charge is 2.22. The second kappa shape index (κ2) is 8.27. The van der Waals surface area contributed by atoms with Crippen LogP contribution in [0.4, 0.5) is 4.39 Å². The van der Waals surface area contributed by atoms with Gasteiger partial charge in [0.05, 0.1) is 5.92 Å². The van der Waals surface area contributed by atoms with Crippen molar-refractivity contribution in [3.63, 3.8) is 0 Å². The summed E-state index contributed by atoms with van der Waals surface area (Å²) in [5.41, 5.74) is 4.11. The third-order valence-electron chi connectivity index (χ3n) is 4.32. The lowest BCUT2D eigenvalue weighted by Gasteiger charge is -2.17. The summed E-state index contributed by atoms with van der Waals surface area (Å²) in [6, 6.07) is 12.9. The fraction of sp³-hybridized carbons (Fsp3) is 0.316. The number of nitrogens with one attached hydrogen (secondary N) is 2. The summed E-state index contributed by atoms with van der Waals surface area (Å²) in [7, 11) is 0. The van der Waals surface area contributed by atoms with E-state index in [1.165, 1.54) is 6.07 Å². The van der Waals surface area contributed by atoms with Crippen molar-refractivity contribution < 1.29 is 9.18 Å². The van der Waals surface area contributed by atoms with Crippen molar-refractivity contribution in [3.8, 4) is 11.1 Å². The maximum Gasteiger partial charge on any atom is 0.224 e. The number of rotatable bonds is 3. The molecule has 5 heteroatoms. The highest BCUT2D eigenvalue weighted by atomic mass is 35.5. The van der Waals surface area contributed by atoms with Crippen LogP contribution < -0.4 is 10.6 Å². The lowest BCUT2D eigenvalue weighted by atomic mass is 9.90. The largest absolute Gasteiger partial charge is 0.355 e. The molecule has 1 amide bonds. The number of hydrogen-bond donors (Lipinski definition) is 2. The number of benzene rings is 2. The first-order chi connectivity index (χ1) is 11.1. The average Bonchev–Trinajstić information content (AvgIpc) is 2.73. The number of amides is 1. The van der Waals surface area contributed by atoms with E-state index in [4.69, 9.17) is 0 Å². The molecular weight excluding hydrogens is 327 g/mol. The molecule has 1 unspecified atom stereocenters. The van der Waals surface area contributed by atoms with E-state index in [0.717, 1.165) is 28.8 Å². The van der Waals surface area contributed by atoms with Crippen molar-refractivity contribution in [2.24, 2.45) is 5.92 Å². The minimum absolute atomic E-state index is 0. The van der Waals surface area contributed by atoms with Gasteiger partial charge in [-0.15, -0.1) is 12.4 Å². The number of carbonyl (C=O) groups is 1. The zero-order valence-electron chi connectivity index (χ0n) is 13.6. The van der Waals surface area contributed by atoms with E-state index in [9.17, 15) is 9.18 Å². The number of halogens is 2. The van der Waals surface area contributed by atoms with Gasteiger partial charge in [0.15, 0.2) is 0 Å². The molecule has 1 atom stereocenters. The Morgan fingerprint density at radius 1 is 1.12 bits per heavy atom. The second-order valence-corrected chi connectivity index (χ2v) is 6.01. The number of hydrogen-bond acceptors (Lipinski definition) is 2. The minimum Gasteiger partial charge on any atom is -0.355 e. The summed E-state index contributed by atoms with van der Waals surface area (Å²) >= 11 is 0. The zero-order chi connectivity index (χ0) is 16.2. The van der Waals surface area contributed by atoms with Crippen LogP contribution in [-0.2, 0) is 11.2 Å². The standard InChI is InChI=1S/C19H21FN2O.ClH/c1-13-10-16(20)6-7-17(13)18-5-3-2-4-14(18)11-15-12-21-8-9-22-19(15)23;/h2-7,10,15,21H,8-9,11-12H2,1H3,(H,22,23);1H. The molecule has 1 heterocycles. The van der Waals surface area contributed by atoms with Gasteiger partial charge in [0.25, 0.3) is 0 Å². The van der Waals surface area contributed by atoms with Crippen LogP contribution in [0.15, 0.2) is 42.5 Å². The molecule has 0 aromatic heterocycles. The van der Waals surface area contributed by atoms with Crippen LogP contribution >= 0.6 is 12.4 Å². The normalized spacial score (nSPS) is 17.6. The van der Waals surface area contributed by atoms with Gasteiger partial charge in [-0.2, -0.15) is 0 Å². The van der Waals surface area contributed by atoms with E-state index >= 15 is 0 Å². The van der Waals surface area contributed by atoms with Crippen LogP contribution in [0.2, 0.25) is 0 Å². The van der Waals surface area contributed by atoms with Crippen molar-refractivity contribution in [2.75, 3.05) is 19.6 Å². The van der Waals surface area contributed by atoms with Crippen molar-refractivity contribution in [2.45, 2.75) is 13.3 Å². The Balaban J connectivity index is 0.00000208. The van der Waals surface area contributed by atoms with Gasteiger partial charge in [-0.25, -0.2) is 4.39 Å². The van der Waals surface area contributed by atoms with Crippen molar-refractivity contribution in [1.82, 2.24) is 10.6 Å². The smallest absolute Gasteiger partial charge is 0.224 e. The zero-order valence-corrected chi connectivity index (χ0v) is 14.5. The van der Waals surface area contributed by atoms with E-state index in [2.05, 4.69) is 16.7 Å². The Kier molecular flexibility index (Phi) is 6.35. The summed E-state index contributed by atoms with van der Waals surface area (Å²) in [5.74, 6) is -0.212. The lowest BCUT2D eigenvalue weighted by Crippen LogP contribution is -2.32. The van der Waals surface area contributed by atoms with E-state index < -0.39 is 0 Å². The van der Waals surface area contributed by atoms with Crippen molar-refractivity contribution >= 4 is 18.3 Å². The highest BCUT2D eigenvalue weighted by molar-refractivity contribution is 5.85. The van der Waals surface area contributed by atoms with E-state index in [0.29, 0.717) is 19.5 Å². The topological polar surface area (TPSA) is 41.1 Å². The summed E-state index contributed by atoms with van der Waals surface area (Å²) in [6.45, 7) is 4.08. The molecule has 2 aromatic carbocycles. The van der Waals surface area contributed by atoms with Crippen LogP contribution in [0, 0.1) is 18.7 Å². The summed E-state index contributed by atoms with van der Waals surface area (Å²) < 4.78 is 13.4. The Morgan fingerprint density at radius 2 is 1.92 bits per heavy atom.